The van der Waals surface area contributed by atoms with Crippen LogP contribution in [0.3, 0.4) is 0 Å². The third-order valence-corrected chi connectivity index (χ3v) is 2.77. The average Bonchev–Trinajstić information content (AvgIpc) is 2.97. The van der Waals surface area contributed by atoms with Crippen LogP contribution < -0.4 is 5.73 Å². The molecule has 8 nitrogen and oxygen atoms in total. The maximum Gasteiger partial charge on any atom is 0.270 e. The molecule has 0 aliphatic heterocycles. The van der Waals surface area contributed by atoms with Gasteiger partial charge in [0.1, 0.15) is 5.82 Å². The maximum absolute atomic E-state index is 10.8. The molecule has 0 atom stereocenters. The van der Waals surface area contributed by atoms with Crippen LogP contribution in [-0.4, -0.2) is 20.0 Å². The Morgan fingerprint density at radius 3 is 2.81 bits per heavy atom. The largest absolute Gasteiger partial charge is 0.384 e. The van der Waals surface area contributed by atoms with E-state index in [-0.39, 0.29) is 17.4 Å². The van der Waals surface area contributed by atoms with Crippen LogP contribution >= 0.6 is 0 Å². The standard InChI is InChI=1S/C13H9N5O3/c14-11-7-9(4-5-15-11)13-16-12(17-21-13)8-2-1-3-10(6-8)18(19)20/h1-7H,(H2,14,15). The molecule has 3 aromatic rings. The number of nitrogens with two attached hydrogens (primary N) is 1. The fraction of sp³-hybridized carbons (Fsp3) is 0. The zero-order valence-electron chi connectivity index (χ0n) is 10.6. The fourth-order valence-corrected chi connectivity index (χ4v) is 1.80. The molecule has 3 rings (SSSR count). The van der Waals surface area contributed by atoms with E-state index in [2.05, 4.69) is 15.1 Å². The predicted molar refractivity (Wildman–Crippen MR) is 74.0 cm³/mol. The third-order valence-electron chi connectivity index (χ3n) is 2.77. The van der Waals surface area contributed by atoms with E-state index < -0.39 is 4.92 Å². The van der Waals surface area contributed by atoms with Gasteiger partial charge in [0.05, 0.1) is 4.92 Å². The lowest BCUT2D eigenvalue weighted by molar-refractivity contribution is -0.384. The Balaban J connectivity index is 1.98. The summed E-state index contributed by atoms with van der Waals surface area (Å²) < 4.78 is 5.15. The van der Waals surface area contributed by atoms with Gasteiger partial charge >= 0.3 is 0 Å². The van der Waals surface area contributed by atoms with E-state index in [1.54, 1.807) is 24.3 Å². The maximum atomic E-state index is 10.8. The molecule has 0 bridgehead atoms. The molecule has 0 amide bonds. The molecule has 21 heavy (non-hydrogen) atoms. The first-order valence-corrected chi connectivity index (χ1v) is 5.94. The van der Waals surface area contributed by atoms with Crippen LogP contribution in [0.2, 0.25) is 0 Å². The number of nitrogen functional groups attached to an aromatic ring is 1. The number of nitro benzene ring substituents is 1. The average molecular weight is 283 g/mol. The Kier molecular flexibility index (Phi) is 3.03. The SMILES string of the molecule is Nc1cc(-c2nc(-c3cccc([N+](=O)[O-])c3)no2)ccn1. The molecule has 1 aromatic carbocycles. The van der Waals surface area contributed by atoms with Gasteiger partial charge in [-0.25, -0.2) is 4.98 Å². The van der Waals surface area contributed by atoms with Crippen molar-refractivity contribution in [2.75, 3.05) is 5.73 Å². The number of non-ortho nitro benzene ring substituents is 1. The summed E-state index contributed by atoms with van der Waals surface area (Å²) in [6.07, 6.45) is 1.53. The highest BCUT2D eigenvalue weighted by Crippen LogP contribution is 2.25. The monoisotopic (exact) mass is 283 g/mol. The third kappa shape index (κ3) is 2.54. The van der Waals surface area contributed by atoms with Crippen molar-refractivity contribution < 1.29 is 9.45 Å². The number of hydrogen-bond donors (Lipinski definition) is 1. The zero-order chi connectivity index (χ0) is 14.8. The van der Waals surface area contributed by atoms with Crippen LogP contribution in [0.1, 0.15) is 0 Å². The Morgan fingerprint density at radius 2 is 2.05 bits per heavy atom. The lowest BCUT2D eigenvalue weighted by atomic mass is 10.2. The summed E-state index contributed by atoms with van der Waals surface area (Å²) in [6, 6.07) is 9.30. The van der Waals surface area contributed by atoms with Gasteiger partial charge < -0.3 is 10.3 Å². The molecule has 0 aliphatic carbocycles. The quantitative estimate of drug-likeness (QED) is 0.578. The van der Waals surface area contributed by atoms with Gasteiger partial charge in [-0.3, -0.25) is 10.1 Å². The van der Waals surface area contributed by atoms with Crippen molar-refractivity contribution in [3.8, 4) is 22.8 Å². The Labute approximate surface area is 118 Å². The first-order chi connectivity index (χ1) is 10.1. The van der Waals surface area contributed by atoms with Crippen molar-refractivity contribution in [3.63, 3.8) is 0 Å². The first kappa shape index (κ1) is 12.7. The minimum Gasteiger partial charge on any atom is -0.384 e. The van der Waals surface area contributed by atoms with Gasteiger partial charge in [-0.05, 0) is 12.1 Å². The van der Waals surface area contributed by atoms with E-state index in [1.165, 1.54) is 18.3 Å². The second-order valence-corrected chi connectivity index (χ2v) is 4.20. The highest BCUT2D eigenvalue weighted by atomic mass is 16.6. The summed E-state index contributed by atoms with van der Waals surface area (Å²) in [5.41, 5.74) is 6.69. The van der Waals surface area contributed by atoms with E-state index in [0.717, 1.165) is 0 Å². The van der Waals surface area contributed by atoms with Crippen LogP contribution in [0.15, 0.2) is 47.1 Å². The molecule has 2 aromatic heterocycles. The van der Waals surface area contributed by atoms with Crippen LogP contribution in [-0.2, 0) is 0 Å². The topological polar surface area (TPSA) is 121 Å². The predicted octanol–water partition coefficient (Wildman–Crippen LogP) is 2.29. The zero-order valence-corrected chi connectivity index (χ0v) is 10.6. The number of hydrogen-bond acceptors (Lipinski definition) is 7. The molecule has 2 heterocycles. The molecule has 0 radical (unpaired) electrons. The number of nitrogens with zero attached hydrogens (tertiary/aromatic N) is 4. The summed E-state index contributed by atoms with van der Waals surface area (Å²) in [7, 11) is 0. The van der Waals surface area contributed by atoms with Gasteiger partial charge in [0, 0.05) is 29.5 Å². The molecule has 0 aliphatic rings. The number of pyridine rings is 1. The molecule has 0 fully saturated rings. The van der Waals surface area contributed by atoms with Crippen LogP contribution in [0, 0.1) is 10.1 Å². The lowest BCUT2D eigenvalue weighted by Gasteiger charge is -1.95. The summed E-state index contributed by atoms with van der Waals surface area (Å²) in [4.78, 5) is 18.4. The number of benzene rings is 1. The molecule has 0 spiro atoms. The van der Waals surface area contributed by atoms with Gasteiger partial charge in [-0.1, -0.05) is 17.3 Å². The summed E-state index contributed by atoms with van der Waals surface area (Å²) in [5, 5.41) is 14.6. The lowest BCUT2D eigenvalue weighted by Crippen LogP contribution is -1.90. The van der Waals surface area contributed by atoms with Gasteiger partial charge in [0.2, 0.25) is 5.82 Å². The molecular formula is C13H9N5O3. The molecule has 0 saturated carbocycles. The number of rotatable bonds is 3. The van der Waals surface area contributed by atoms with Crippen molar-refractivity contribution in [2.24, 2.45) is 0 Å². The van der Waals surface area contributed by atoms with Gasteiger partial charge in [-0.2, -0.15) is 4.98 Å². The van der Waals surface area contributed by atoms with Gasteiger partial charge in [0.25, 0.3) is 11.6 Å². The second kappa shape index (κ2) is 5.00. The van der Waals surface area contributed by atoms with Gasteiger partial charge in [0.15, 0.2) is 0 Å². The summed E-state index contributed by atoms with van der Waals surface area (Å²) >= 11 is 0. The Bertz CT molecular complexity index is 815. The molecule has 104 valence electrons. The van der Waals surface area contributed by atoms with E-state index >= 15 is 0 Å². The van der Waals surface area contributed by atoms with Crippen molar-refractivity contribution in [1.82, 2.24) is 15.1 Å². The Morgan fingerprint density at radius 1 is 1.19 bits per heavy atom. The summed E-state index contributed by atoms with van der Waals surface area (Å²) in [6.45, 7) is 0. The minimum absolute atomic E-state index is 0.0352. The molecule has 0 saturated heterocycles. The molecule has 2 N–H and O–H groups in total. The molecule has 0 unspecified atom stereocenters. The highest BCUT2D eigenvalue weighted by Gasteiger charge is 2.13. The number of anilines is 1. The van der Waals surface area contributed by atoms with Crippen LogP contribution in [0.25, 0.3) is 22.8 Å². The smallest absolute Gasteiger partial charge is 0.270 e. The van der Waals surface area contributed by atoms with E-state index in [4.69, 9.17) is 10.3 Å². The van der Waals surface area contributed by atoms with E-state index in [1.807, 2.05) is 0 Å². The fourth-order valence-electron chi connectivity index (χ4n) is 1.80. The van der Waals surface area contributed by atoms with E-state index in [9.17, 15) is 10.1 Å². The Hall–Kier alpha value is -3.29. The van der Waals surface area contributed by atoms with E-state index in [0.29, 0.717) is 16.9 Å². The summed E-state index contributed by atoms with van der Waals surface area (Å²) in [5.74, 6) is 0.872. The first-order valence-electron chi connectivity index (χ1n) is 5.94. The minimum atomic E-state index is -0.478. The highest BCUT2D eigenvalue weighted by molar-refractivity contribution is 5.63. The number of aromatic nitrogens is 3. The molecular weight excluding hydrogens is 274 g/mol. The number of nitro groups is 1. The van der Waals surface area contributed by atoms with Crippen molar-refractivity contribution in [3.05, 3.63) is 52.7 Å². The van der Waals surface area contributed by atoms with Crippen LogP contribution in [0.4, 0.5) is 11.5 Å². The normalized spacial score (nSPS) is 10.5. The second-order valence-electron chi connectivity index (χ2n) is 4.20. The molecule has 8 heteroatoms. The van der Waals surface area contributed by atoms with Crippen LogP contribution in [0.5, 0.6) is 0 Å². The van der Waals surface area contributed by atoms with Gasteiger partial charge in [-0.15, -0.1) is 0 Å². The van der Waals surface area contributed by atoms with Crippen molar-refractivity contribution >= 4 is 11.5 Å². The van der Waals surface area contributed by atoms with Crippen molar-refractivity contribution in [2.45, 2.75) is 0 Å². The van der Waals surface area contributed by atoms with Crippen molar-refractivity contribution in [1.29, 1.82) is 0 Å².